The van der Waals surface area contributed by atoms with E-state index in [-0.39, 0.29) is 12.5 Å². The maximum absolute atomic E-state index is 12.7. The van der Waals surface area contributed by atoms with Crippen molar-refractivity contribution in [1.29, 1.82) is 0 Å². The number of amides is 1. The highest BCUT2D eigenvalue weighted by molar-refractivity contribution is 7.85. The van der Waals surface area contributed by atoms with Crippen molar-refractivity contribution in [2.45, 2.75) is 72.1 Å². The molecule has 0 saturated carbocycles. The second kappa shape index (κ2) is 13.7. The minimum absolute atomic E-state index is 0.132. The van der Waals surface area contributed by atoms with Gasteiger partial charge in [0.15, 0.2) is 5.13 Å². The summed E-state index contributed by atoms with van der Waals surface area (Å²) in [6.45, 7) is 7.07. The molecule has 1 aromatic heterocycles. The van der Waals surface area contributed by atoms with Crippen molar-refractivity contribution in [3.63, 3.8) is 0 Å². The van der Waals surface area contributed by atoms with Gasteiger partial charge in [-0.05, 0) is 51.3 Å². The number of rotatable bonds is 15. The predicted octanol–water partition coefficient (Wildman–Crippen LogP) is 5.83. The van der Waals surface area contributed by atoms with Crippen molar-refractivity contribution in [2.75, 3.05) is 30.0 Å². The first kappa shape index (κ1) is 27.3. The lowest BCUT2D eigenvalue weighted by atomic mass is 10.1. The van der Waals surface area contributed by atoms with Crippen LogP contribution in [0.2, 0.25) is 0 Å². The molecule has 0 aliphatic carbocycles. The van der Waals surface area contributed by atoms with E-state index in [1.165, 1.54) is 30.6 Å². The van der Waals surface area contributed by atoms with Crippen LogP contribution >= 0.6 is 11.3 Å². The second-order valence-electron chi connectivity index (χ2n) is 8.37. The van der Waals surface area contributed by atoms with Gasteiger partial charge in [0, 0.05) is 22.7 Å². The van der Waals surface area contributed by atoms with Crippen LogP contribution in [0.15, 0.2) is 18.2 Å². The fourth-order valence-corrected chi connectivity index (χ4v) is 4.72. The van der Waals surface area contributed by atoms with Gasteiger partial charge in [0.25, 0.3) is 16.0 Å². The minimum Gasteiger partial charge on any atom is -0.385 e. The van der Waals surface area contributed by atoms with Gasteiger partial charge in [-0.1, -0.05) is 44.6 Å². The van der Waals surface area contributed by atoms with Gasteiger partial charge in [0.2, 0.25) is 0 Å². The largest absolute Gasteiger partial charge is 0.385 e. The summed E-state index contributed by atoms with van der Waals surface area (Å²) in [6, 6.07) is 5.76. The van der Waals surface area contributed by atoms with Crippen molar-refractivity contribution in [2.24, 2.45) is 0 Å². The highest BCUT2D eigenvalue weighted by atomic mass is 32.2. The number of carbonyl (C=O) groups excluding carboxylic acids is 1. The summed E-state index contributed by atoms with van der Waals surface area (Å²) in [5.74, 6) is -0.132. The zero-order valence-corrected chi connectivity index (χ0v) is 21.8. The first-order chi connectivity index (χ1) is 15.7. The molecule has 0 unspecified atom stereocenters. The molecule has 2 N–H and O–H groups in total. The average Bonchev–Trinajstić information content (AvgIpc) is 3.05. The van der Waals surface area contributed by atoms with Crippen molar-refractivity contribution in [1.82, 2.24) is 4.98 Å². The molecule has 2 rings (SSSR count). The number of hydrogen-bond acceptors (Lipinski definition) is 7. The molecule has 0 radical (unpaired) electrons. The molecule has 0 saturated heterocycles. The van der Waals surface area contributed by atoms with Crippen molar-refractivity contribution in [3.05, 3.63) is 39.9 Å². The molecule has 0 aliphatic rings. The second-order valence-corrected chi connectivity index (χ2v) is 11.2. The number of aromatic nitrogens is 1. The van der Waals surface area contributed by atoms with Gasteiger partial charge >= 0.3 is 0 Å². The molecule has 33 heavy (non-hydrogen) atoms. The van der Waals surface area contributed by atoms with Gasteiger partial charge in [-0.25, -0.2) is 4.98 Å². The Bertz CT molecular complexity index is 984. The molecular formula is C24H37N3O4S2. The van der Waals surface area contributed by atoms with E-state index in [4.69, 9.17) is 4.18 Å². The average molecular weight is 496 g/mol. The van der Waals surface area contributed by atoms with Crippen LogP contribution in [-0.2, 0) is 14.3 Å². The molecule has 0 aliphatic heterocycles. The van der Waals surface area contributed by atoms with E-state index in [2.05, 4.69) is 15.6 Å². The van der Waals surface area contributed by atoms with Crippen LogP contribution in [-0.4, -0.2) is 38.7 Å². The van der Waals surface area contributed by atoms with Gasteiger partial charge in [-0.3, -0.25) is 14.3 Å². The highest BCUT2D eigenvalue weighted by Crippen LogP contribution is 2.24. The Labute approximate surface area is 202 Å². The summed E-state index contributed by atoms with van der Waals surface area (Å²) in [7, 11) is -3.31. The summed E-state index contributed by atoms with van der Waals surface area (Å²) in [5.41, 5.74) is 3.54. The van der Waals surface area contributed by atoms with Crippen molar-refractivity contribution >= 4 is 38.2 Å². The Kier molecular flexibility index (Phi) is 11.3. The number of carbonyl (C=O) groups is 1. The van der Waals surface area contributed by atoms with Gasteiger partial charge in [0.05, 0.1) is 18.6 Å². The van der Waals surface area contributed by atoms with Gasteiger partial charge in [-0.2, -0.15) is 8.42 Å². The lowest BCUT2D eigenvalue weighted by molar-refractivity contribution is 0.102. The molecule has 184 valence electrons. The number of aryl methyl sites for hydroxylation is 2. The third-order valence-corrected chi connectivity index (χ3v) is 7.09. The summed E-state index contributed by atoms with van der Waals surface area (Å²) < 4.78 is 26.5. The fraction of sp³-hybridized carbons (Fsp3) is 0.583. The number of thiazole rings is 1. The Hall–Kier alpha value is -1.97. The quantitative estimate of drug-likeness (QED) is 0.238. The van der Waals surface area contributed by atoms with Crippen LogP contribution in [0.4, 0.5) is 10.8 Å². The highest BCUT2D eigenvalue weighted by Gasteiger charge is 2.14. The van der Waals surface area contributed by atoms with Crippen LogP contribution in [0.3, 0.4) is 0 Å². The summed E-state index contributed by atoms with van der Waals surface area (Å²) in [6.07, 6.45) is 9.77. The Morgan fingerprint density at radius 3 is 2.24 bits per heavy atom. The van der Waals surface area contributed by atoms with E-state index < -0.39 is 10.1 Å². The summed E-state index contributed by atoms with van der Waals surface area (Å²) in [5, 5.41) is 7.01. The van der Waals surface area contributed by atoms with E-state index in [0.717, 1.165) is 66.7 Å². The number of anilines is 2. The van der Waals surface area contributed by atoms with E-state index >= 15 is 0 Å². The predicted molar refractivity (Wildman–Crippen MR) is 137 cm³/mol. The topological polar surface area (TPSA) is 97.4 Å². The maximum atomic E-state index is 12.7. The summed E-state index contributed by atoms with van der Waals surface area (Å²) >= 11 is 1.49. The van der Waals surface area contributed by atoms with Gasteiger partial charge in [0.1, 0.15) is 0 Å². The van der Waals surface area contributed by atoms with E-state index in [1.807, 2.05) is 39.0 Å². The molecule has 0 bridgehead atoms. The number of hydrogen-bond donors (Lipinski definition) is 2. The Morgan fingerprint density at radius 2 is 1.64 bits per heavy atom. The SMILES string of the molecule is Cc1nc(NC(=O)c2cccc(NCCCCCCCCCCOS(C)(=O)=O)c2C)sc1C. The smallest absolute Gasteiger partial charge is 0.264 e. The number of nitrogens with one attached hydrogen (secondary N) is 2. The molecule has 0 spiro atoms. The Balaban J connectivity index is 1.62. The summed E-state index contributed by atoms with van der Waals surface area (Å²) in [4.78, 5) is 18.2. The van der Waals surface area contributed by atoms with E-state index in [9.17, 15) is 13.2 Å². The normalized spacial score (nSPS) is 11.5. The van der Waals surface area contributed by atoms with Crippen LogP contribution in [0, 0.1) is 20.8 Å². The number of unbranched alkanes of at least 4 members (excludes halogenated alkanes) is 7. The zero-order valence-electron chi connectivity index (χ0n) is 20.2. The standard InChI is InChI=1S/C24H37N3O4S2/c1-18-21(23(28)27-24-26-19(2)20(3)32-24)14-13-15-22(18)25-16-11-9-7-5-6-8-10-12-17-31-33(4,29)30/h13-15,25H,5-12,16-17H2,1-4H3,(H,26,27,28). The van der Waals surface area contributed by atoms with Crippen LogP contribution in [0.1, 0.15) is 77.9 Å². The maximum Gasteiger partial charge on any atom is 0.264 e. The molecular weight excluding hydrogens is 458 g/mol. The van der Waals surface area contributed by atoms with Gasteiger partial charge in [-0.15, -0.1) is 11.3 Å². The number of nitrogens with zero attached hydrogens (tertiary/aromatic N) is 1. The molecule has 1 aromatic carbocycles. The minimum atomic E-state index is -3.31. The van der Waals surface area contributed by atoms with Crippen LogP contribution in [0.5, 0.6) is 0 Å². The third-order valence-electron chi connectivity index (χ3n) is 5.51. The van der Waals surface area contributed by atoms with Crippen LogP contribution < -0.4 is 10.6 Å². The molecule has 7 nitrogen and oxygen atoms in total. The van der Waals surface area contributed by atoms with Crippen LogP contribution in [0.25, 0.3) is 0 Å². The first-order valence-electron chi connectivity index (χ1n) is 11.6. The molecule has 9 heteroatoms. The Morgan fingerprint density at radius 1 is 1.00 bits per heavy atom. The molecule has 1 amide bonds. The van der Waals surface area contributed by atoms with E-state index in [0.29, 0.717) is 10.7 Å². The van der Waals surface area contributed by atoms with Gasteiger partial charge < -0.3 is 5.32 Å². The molecule has 2 aromatic rings. The first-order valence-corrected chi connectivity index (χ1v) is 14.2. The monoisotopic (exact) mass is 495 g/mol. The fourth-order valence-electron chi connectivity index (χ4n) is 3.48. The lowest BCUT2D eigenvalue weighted by Crippen LogP contribution is -2.14. The molecule has 0 fully saturated rings. The van der Waals surface area contributed by atoms with Crippen molar-refractivity contribution in [3.8, 4) is 0 Å². The molecule has 1 heterocycles. The number of benzene rings is 1. The lowest BCUT2D eigenvalue weighted by Gasteiger charge is -2.13. The zero-order chi connectivity index (χ0) is 24.3. The molecule has 0 atom stereocenters. The third kappa shape index (κ3) is 10.2. The van der Waals surface area contributed by atoms with Crippen molar-refractivity contribution < 1.29 is 17.4 Å². The van der Waals surface area contributed by atoms with E-state index in [1.54, 1.807) is 0 Å².